The molecular weight excluding hydrogens is 536 g/mol. The van der Waals surface area contributed by atoms with Crippen LogP contribution in [-0.4, -0.2) is 58.7 Å². The summed E-state index contributed by atoms with van der Waals surface area (Å²) in [4.78, 5) is 33.3. The largest absolute Gasteiger partial charge is 1.00 e. The van der Waals surface area contributed by atoms with Gasteiger partial charge >= 0.3 is 35.5 Å². The summed E-state index contributed by atoms with van der Waals surface area (Å²) in [6.45, 7) is 5.37. The van der Waals surface area contributed by atoms with E-state index in [0.717, 1.165) is 22.8 Å². The van der Waals surface area contributed by atoms with E-state index in [2.05, 4.69) is 51.3 Å². The Morgan fingerprint density at radius 1 is 0.853 bits per heavy atom. The summed E-state index contributed by atoms with van der Waals surface area (Å²) in [5.74, 6) is 1.57. The number of aromatic nitrogens is 6. The van der Waals surface area contributed by atoms with E-state index in [1.807, 2.05) is 6.92 Å². The molecule has 0 aromatic carbocycles. The number of carboxylic acid groups (broad SMARTS) is 1. The molecule has 2 N–H and O–H groups in total. The van der Waals surface area contributed by atoms with Gasteiger partial charge in [-0.15, -0.1) is 11.6 Å². The molecule has 0 spiro atoms. The minimum atomic E-state index is -1.67. The Hall–Kier alpha value is -1.25. The number of aliphatic hydroxyl groups excluding tert-OH is 1. The van der Waals surface area contributed by atoms with Crippen molar-refractivity contribution in [3.63, 3.8) is 0 Å². The number of hydrogen-bond donors (Lipinski definition) is 2. The van der Waals surface area contributed by atoms with E-state index in [4.69, 9.17) is 26.0 Å². The van der Waals surface area contributed by atoms with Crippen molar-refractivity contribution in [2.24, 2.45) is 0 Å². The number of carbonyl (C=O) groups is 1. The van der Waals surface area contributed by atoms with Gasteiger partial charge in [-0.25, -0.2) is 38.9 Å². The van der Waals surface area contributed by atoms with Crippen LogP contribution in [0.4, 0.5) is 0 Å². The summed E-state index contributed by atoms with van der Waals surface area (Å²) in [5, 5.41) is 16.9. The molecule has 0 aliphatic rings. The van der Waals surface area contributed by atoms with Gasteiger partial charge in [-0.05, 0) is 20.8 Å². The smallest absolute Gasteiger partial charge is 1.00 e. The van der Waals surface area contributed by atoms with Crippen LogP contribution in [-0.2, 0) is 21.7 Å². The first kappa shape index (κ1) is 37.3. The molecule has 0 unspecified atom stereocenters. The molecule has 10 nitrogen and oxygen atoms in total. The number of hydrogen-bond acceptors (Lipinski definition) is 9. The van der Waals surface area contributed by atoms with Crippen molar-refractivity contribution in [2.75, 3.05) is 0 Å². The van der Waals surface area contributed by atoms with Crippen LogP contribution < -0.4 is 29.6 Å². The van der Waals surface area contributed by atoms with Crippen LogP contribution in [0.15, 0.2) is 37.2 Å². The van der Waals surface area contributed by atoms with Crippen LogP contribution in [0.25, 0.3) is 0 Å². The standard InChI is InChI=1S/C6H7ClN2.C6H6N2O2.C6H8N2O.B.Cl2OS.Na.H/c1-5-8-3-6(2-7)4-9-5;1-4-7-2-5(3-8-4)6(9)10;1-5-7-2-6(4-9)3-8-5;;1-4(2)3;;/h3-4H,2H2,1H3;2-3H,1H3,(H,9,10);2-3,9H,4H2,1H3;;;;/q;;;;;+1;-1. The first-order valence-corrected chi connectivity index (χ1v) is 11.9. The first-order valence-electron chi connectivity index (χ1n) is 8.57. The van der Waals surface area contributed by atoms with Crippen LogP contribution in [0.5, 0.6) is 0 Å². The third kappa shape index (κ3) is 20.2. The molecule has 0 fully saturated rings. The summed E-state index contributed by atoms with van der Waals surface area (Å²) in [6.07, 6.45) is 9.25. The molecule has 0 bridgehead atoms. The SMILES string of the molecule is Cc1ncc(C(=O)O)cn1.Cc1ncc(CCl)cn1.Cc1ncc(CO)cn1.O=S(Cl)Cl.[B].[H-].[Na+]. The maximum absolute atomic E-state index is 10.2. The zero-order valence-corrected chi connectivity index (χ0v) is 24.0. The van der Waals surface area contributed by atoms with Gasteiger partial charge in [0.15, 0.2) is 0 Å². The van der Waals surface area contributed by atoms with Crippen LogP contribution in [0.2, 0.25) is 0 Å². The van der Waals surface area contributed by atoms with Gasteiger partial charge in [0.2, 0.25) is 9.23 Å². The van der Waals surface area contributed by atoms with Gasteiger partial charge in [-0.1, -0.05) is 0 Å². The monoisotopic (exact) mass is 557 g/mol. The first-order chi connectivity index (χ1) is 15.1. The predicted octanol–water partition coefficient (Wildman–Crippen LogP) is 0.0628. The summed E-state index contributed by atoms with van der Waals surface area (Å²) in [7, 11) is 7.36. The summed E-state index contributed by atoms with van der Waals surface area (Å²) in [5.41, 5.74) is 1.83. The average molecular weight is 559 g/mol. The maximum atomic E-state index is 10.2. The molecule has 3 heterocycles. The number of alkyl halides is 1. The van der Waals surface area contributed by atoms with E-state index < -0.39 is 15.2 Å². The Kier molecular flexibility index (Phi) is 24.4. The summed E-state index contributed by atoms with van der Waals surface area (Å²) in [6, 6.07) is 0. The number of halogens is 3. The van der Waals surface area contributed by atoms with Crippen molar-refractivity contribution < 1.29 is 50.2 Å². The normalized spacial score (nSPS) is 8.82. The zero-order valence-electron chi connectivity index (χ0n) is 19.9. The number of aromatic carboxylic acids is 1. The molecule has 0 aliphatic carbocycles. The molecule has 0 atom stereocenters. The second kappa shape index (κ2) is 22.2. The van der Waals surface area contributed by atoms with Crippen LogP contribution >= 0.6 is 33.0 Å². The molecule has 3 aromatic rings. The average Bonchev–Trinajstić information content (AvgIpc) is 2.76. The van der Waals surface area contributed by atoms with E-state index >= 15 is 0 Å². The Morgan fingerprint density at radius 2 is 1.15 bits per heavy atom. The zero-order chi connectivity index (χ0) is 24.5. The molecule has 0 saturated heterocycles. The van der Waals surface area contributed by atoms with Crippen molar-refractivity contribution >= 4 is 56.6 Å². The second-order valence-corrected chi connectivity index (χ2v) is 8.37. The third-order valence-electron chi connectivity index (χ3n) is 3.03. The Labute approximate surface area is 239 Å². The number of rotatable bonds is 3. The Balaban J connectivity index is -0.000000184. The van der Waals surface area contributed by atoms with E-state index in [9.17, 15) is 4.79 Å². The molecule has 34 heavy (non-hydrogen) atoms. The Bertz CT molecular complexity index is 918. The van der Waals surface area contributed by atoms with E-state index in [1.165, 1.54) is 12.4 Å². The fraction of sp³-hybridized carbons (Fsp3) is 0.278. The van der Waals surface area contributed by atoms with Gasteiger partial charge in [0.05, 0.1) is 18.1 Å². The van der Waals surface area contributed by atoms with E-state index in [0.29, 0.717) is 11.7 Å². The van der Waals surface area contributed by atoms with Crippen molar-refractivity contribution in [1.82, 2.24) is 29.9 Å². The van der Waals surface area contributed by atoms with Crippen LogP contribution in [0.3, 0.4) is 0 Å². The van der Waals surface area contributed by atoms with Crippen LogP contribution in [0, 0.1) is 20.8 Å². The van der Waals surface area contributed by atoms with Crippen LogP contribution in [0.1, 0.15) is 40.4 Å². The molecule has 16 heteroatoms. The van der Waals surface area contributed by atoms with Crippen molar-refractivity contribution in [3.8, 4) is 0 Å². The molecule has 3 aromatic heterocycles. The van der Waals surface area contributed by atoms with Crippen molar-refractivity contribution in [2.45, 2.75) is 33.3 Å². The number of aliphatic hydroxyl groups is 1. The Morgan fingerprint density at radius 3 is 1.41 bits per heavy atom. The van der Waals surface area contributed by atoms with Gasteiger partial charge in [-0.3, -0.25) is 0 Å². The minimum absolute atomic E-state index is 0. The van der Waals surface area contributed by atoms with Gasteiger partial charge in [0.25, 0.3) is 0 Å². The molecule has 0 aliphatic heterocycles. The predicted molar refractivity (Wildman–Crippen MR) is 129 cm³/mol. The van der Waals surface area contributed by atoms with E-state index in [-0.39, 0.29) is 51.6 Å². The number of carboxylic acids is 1. The summed E-state index contributed by atoms with van der Waals surface area (Å²) >= 11 is 5.50. The van der Waals surface area contributed by atoms with E-state index in [1.54, 1.807) is 38.6 Å². The number of aryl methyl sites for hydroxylation is 3. The molecule has 3 radical (unpaired) electrons. The minimum Gasteiger partial charge on any atom is -1.00 e. The molecule has 0 saturated carbocycles. The summed E-state index contributed by atoms with van der Waals surface area (Å²) < 4.78 is 9.09. The number of nitrogens with zero attached hydrogens (tertiary/aromatic N) is 6. The fourth-order valence-corrected chi connectivity index (χ4v) is 1.63. The molecule has 179 valence electrons. The third-order valence-corrected chi connectivity index (χ3v) is 3.34. The van der Waals surface area contributed by atoms with Gasteiger partial charge in [-0.2, -0.15) is 0 Å². The second-order valence-electron chi connectivity index (χ2n) is 5.58. The van der Waals surface area contributed by atoms with Crippen molar-refractivity contribution in [3.05, 3.63) is 71.3 Å². The van der Waals surface area contributed by atoms with Gasteiger partial charge in [0.1, 0.15) is 17.5 Å². The molecule has 0 amide bonds. The fourth-order valence-electron chi connectivity index (χ4n) is 1.49. The topological polar surface area (TPSA) is 152 Å². The van der Waals surface area contributed by atoms with Crippen molar-refractivity contribution in [1.29, 1.82) is 0 Å². The van der Waals surface area contributed by atoms with Gasteiger partial charge < -0.3 is 11.6 Å². The quantitative estimate of drug-likeness (QED) is 0.257. The maximum Gasteiger partial charge on any atom is 1.00 e. The molecular formula is C18H22BCl3N6NaO4S. The molecule has 3 rings (SSSR count). The van der Waals surface area contributed by atoms with Gasteiger partial charge in [0, 0.05) is 78.1 Å².